The van der Waals surface area contributed by atoms with E-state index in [4.69, 9.17) is 19.4 Å². The first-order valence-electron chi connectivity index (χ1n) is 21.1. The number of para-hydroxylation sites is 3. The smallest absolute Gasteiger partial charge is 0.165 e. The number of fused-ring (bicyclic) bond motifs is 10. The molecule has 9 aromatic carbocycles. The van der Waals surface area contributed by atoms with E-state index in [9.17, 15) is 0 Å². The summed E-state index contributed by atoms with van der Waals surface area (Å²) >= 11 is 1.75. The Morgan fingerprint density at radius 3 is 1.63 bits per heavy atom. The van der Waals surface area contributed by atoms with Crippen LogP contribution in [0.2, 0.25) is 0 Å². The van der Waals surface area contributed by atoms with Crippen molar-refractivity contribution in [3.05, 3.63) is 206 Å². The Morgan fingerprint density at radius 1 is 0.381 bits per heavy atom. The van der Waals surface area contributed by atoms with Gasteiger partial charge in [0.25, 0.3) is 0 Å². The normalized spacial score (nSPS) is 11.8. The lowest BCUT2D eigenvalue weighted by atomic mass is 9.95. The van der Waals surface area contributed by atoms with E-state index < -0.39 is 0 Å². The maximum atomic E-state index is 6.71. The minimum Gasteiger partial charge on any atom is -0.455 e. The van der Waals surface area contributed by atoms with Gasteiger partial charge >= 0.3 is 0 Å². The molecule has 294 valence electrons. The van der Waals surface area contributed by atoms with Crippen LogP contribution in [0, 0.1) is 0 Å². The number of hydrogen-bond donors (Lipinski definition) is 0. The summed E-state index contributed by atoms with van der Waals surface area (Å²) in [7, 11) is 0. The highest BCUT2D eigenvalue weighted by Crippen LogP contribution is 2.47. The maximum absolute atomic E-state index is 6.71. The lowest BCUT2D eigenvalue weighted by Gasteiger charge is -2.13. The fraction of sp³-hybridized carbons (Fsp3) is 0. The fourth-order valence-electron chi connectivity index (χ4n) is 9.31. The Labute approximate surface area is 365 Å². The molecular weight excluding hydrogens is 789 g/mol. The Balaban J connectivity index is 1.04. The third-order valence-electron chi connectivity index (χ3n) is 12.2. The molecule has 5 nitrogen and oxygen atoms in total. The average molecular weight is 823 g/mol. The van der Waals surface area contributed by atoms with Gasteiger partial charge in [-0.2, -0.15) is 0 Å². The van der Waals surface area contributed by atoms with Gasteiger partial charge in [0, 0.05) is 64.1 Å². The number of hydrogen-bond acceptors (Lipinski definition) is 5. The van der Waals surface area contributed by atoms with Crippen LogP contribution in [-0.4, -0.2) is 19.5 Å². The van der Waals surface area contributed by atoms with Crippen LogP contribution >= 0.6 is 11.3 Å². The monoisotopic (exact) mass is 822 g/mol. The Morgan fingerprint density at radius 2 is 0.937 bits per heavy atom. The SMILES string of the molecule is c1ccc(-c2nc(-c3ccccc3)nc(-c3cc(-c4cccc(-c5cccc(-n6c7ccccc7c7ccccc76)c5)c4)cc4c3sc3ccc5c6ccccc6oc5c34)n2)cc1. The molecule has 4 aromatic heterocycles. The highest BCUT2D eigenvalue weighted by molar-refractivity contribution is 7.26. The molecule has 13 rings (SSSR count). The van der Waals surface area contributed by atoms with Gasteiger partial charge in [0.1, 0.15) is 11.2 Å². The second kappa shape index (κ2) is 14.2. The predicted molar refractivity (Wildman–Crippen MR) is 262 cm³/mol. The summed E-state index contributed by atoms with van der Waals surface area (Å²) in [6.45, 7) is 0. The lowest BCUT2D eigenvalue weighted by molar-refractivity contribution is 0.673. The van der Waals surface area contributed by atoms with Crippen molar-refractivity contribution in [2.45, 2.75) is 0 Å². The van der Waals surface area contributed by atoms with Gasteiger partial charge in [-0.3, -0.25) is 0 Å². The first kappa shape index (κ1) is 35.6. The third kappa shape index (κ3) is 5.80. The summed E-state index contributed by atoms with van der Waals surface area (Å²) in [6.07, 6.45) is 0. The molecule has 0 fully saturated rings. The molecule has 0 atom stereocenters. The Kier molecular flexibility index (Phi) is 8.01. The molecule has 0 aliphatic carbocycles. The van der Waals surface area contributed by atoms with Crippen molar-refractivity contribution in [2.24, 2.45) is 0 Å². The van der Waals surface area contributed by atoms with Crippen molar-refractivity contribution in [1.82, 2.24) is 19.5 Å². The maximum Gasteiger partial charge on any atom is 0.165 e. The van der Waals surface area contributed by atoms with Gasteiger partial charge in [-0.1, -0.05) is 146 Å². The fourth-order valence-corrected chi connectivity index (χ4v) is 10.5. The number of aromatic nitrogens is 4. The summed E-state index contributed by atoms with van der Waals surface area (Å²) < 4.78 is 11.3. The minimum atomic E-state index is 0.622. The zero-order chi connectivity index (χ0) is 41.4. The van der Waals surface area contributed by atoms with Crippen LogP contribution < -0.4 is 0 Å². The number of thiophene rings is 1. The van der Waals surface area contributed by atoms with Crippen molar-refractivity contribution in [3.63, 3.8) is 0 Å². The van der Waals surface area contributed by atoms with E-state index in [2.05, 4.69) is 168 Å². The van der Waals surface area contributed by atoms with Crippen LogP contribution in [-0.2, 0) is 0 Å². The van der Waals surface area contributed by atoms with Crippen molar-refractivity contribution in [1.29, 1.82) is 0 Å². The van der Waals surface area contributed by atoms with E-state index in [0.29, 0.717) is 17.5 Å². The molecule has 0 radical (unpaired) electrons. The summed E-state index contributed by atoms with van der Waals surface area (Å²) in [5.74, 6) is 1.88. The van der Waals surface area contributed by atoms with Gasteiger partial charge in [-0.15, -0.1) is 11.3 Å². The number of furan rings is 1. The molecule has 0 unspecified atom stereocenters. The molecule has 0 aliphatic rings. The third-order valence-corrected chi connectivity index (χ3v) is 13.4. The topological polar surface area (TPSA) is 56.7 Å². The molecule has 0 spiro atoms. The van der Waals surface area contributed by atoms with E-state index in [1.165, 1.54) is 21.8 Å². The molecule has 0 saturated carbocycles. The average Bonchev–Trinajstić information content (AvgIpc) is 4.04. The van der Waals surface area contributed by atoms with Crippen molar-refractivity contribution in [3.8, 4) is 62.1 Å². The molecule has 63 heavy (non-hydrogen) atoms. The lowest BCUT2D eigenvalue weighted by Crippen LogP contribution is -2.00. The summed E-state index contributed by atoms with van der Waals surface area (Å²) in [4.78, 5) is 15.5. The Bertz CT molecular complexity index is 3810. The molecule has 4 heterocycles. The van der Waals surface area contributed by atoms with Crippen molar-refractivity contribution >= 4 is 75.3 Å². The van der Waals surface area contributed by atoms with Gasteiger partial charge in [-0.25, -0.2) is 15.0 Å². The van der Waals surface area contributed by atoms with Crippen LogP contribution in [0.25, 0.3) is 126 Å². The second-order valence-corrected chi connectivity index (χ2v) is 17.0. The van der Waals surface area contributed by atoms with Crippen LogP contribution in [0.15, 0.2) is 211 Å². The largest absolute Gasteiger partial charge is 0.455 e. The molecular formula is C57H34N4OS. The molecule has 0 saturated heterocycles. The van der Waals surface area contributed by atoms with Gasteiger partial charge < -0.3 is 8.98 Å². The standard InChI is InChI=1S/C57H34N4OS/c1-3-15-35(16-4-1)55-58-56(36-17-5-2-6-18-36)60-57(59-55)47-34-40(33-46-52-51(63-54(46)47)30-29-45-44-25-9-12-28-50(44)62-53(45)52)38-20-13-19-37(31-38)39-21-14-22-41(32-39)61-48-26-10-7-23-42(48)43-24-8-11-27-49(43)61/h1-34H. The number of benzene rings is 9. The van der Waals surface area contributed by atoms with Crippen LogP contribution in [0.5, 0.6) is 0 Å². The van der Waals surface area contributed by atoms with Crippen LogP contribution in [0.1, 0.15) is 0 Å². The van der Waals surface area contributed by atoms with Crippen LogP contribution in [0.4, 0.5) is 0 Å². The number of nitrogens with zero attached hydrogens (tertiary/aromatic N) is 4. The van der Waals surface area contributed by atoms with E-state index in [-0.39, 0.29) is 0 Å². The first-order valence-corrected chi connectivity index (χ1v) is 21.9. The van der Waals surface area contributed by atoms with Gasteiger partial charge in [-0.05, 0) is 82.9 Å². The zero-order valence-electron chi connectivity index (χ0n) is 33.7. The summed E-state index contributed by atoms with van der Waals surface area (Å²) in [6, 6.07) is 72.7. The van der Waals surface area contributed by atoms with Crippen molar-refractivity contribution in [2.75, 3.05) is 0 Å². The van der Waals surface area contributed by atoms with E-state index in [1.807, 2.05) is 42.5 Å². The molecule has 6 heteroatoms. The molecule has 13 aromatic rings. The molecule has 0 amide bonds. The van der Waals surface area contributed by atoms with Gasteiger partial charge in [0.15, 0.2) is 17.5 Å². The number of rotatable bonds is 6. The Hall–Kier alpha value is -8.19. The minimum absolute atomic E-state index is 0.622. The predicted octanol–water partition coefficient (Wildman–Crippen LogP) is 15.6. The van der Waals surface area contributed by atoms with Crippen LogP contribution in [0.3, 0.4) is 0 Å². The highest BCUT2D eigenvalue weighted by atomic mass is 32.1. The van der Waals surface area contributed by atoms with E-state index >= 15 is 0 Å². The summed E-state index contributed by atoms with van der Waals surface area (Å²) in [5.41, 5.74) is 12.5. The zero-order valence-corrected chi connectivity index (χ0v) is 34.6. The quantitative estimate of drug-likeness (QED) is 0.168. The summed E-state index contributed by atoms with van der Waals surface area (Å²) in [5, 5.41) is 6.91. The van der Waals surface area contributed by atoms with Gasteiger partial charge in [0.05, 0.1) is 11.0 Å². The first-order chi connectivity index (χ1) is 31.2. The van der Waals surface area contributed by atoms with E-state index in [1.54, 1.807) is 11.3 Å². The molecule has 0 bridgehead atoms. The molecule has 0 aliphatic heterocycles. The van der Waals surface area contributed by atoms with Crippen molar-refractivity contribution < 1.29 is 4.42 Å². The van der Waals surface area contributed by atoms with E-state index in [0.717, 1.165) is 86.7 Å². The second-order valence-electron chi connectivity index (χ2n) is 16.0. The highest BCUT2D eigenvalue weighted by Gasteiger charge is 2.22. The van der Waals surface area contributed by atoms with Gasteiger partial charge in [0.2, 0.25) is 0 Å². The molecule has 0 N–H and O–H groups in total.